The fraction of sp³-hybridized carbons (Fsp3) is 0.314. The molecule has 2 aromatic carbocycles. The number of nitrogens with zero attached hydrogens (tertiary/aromatic N) is 4. The Labute approximate surface area is 301 Å². The SMILES string of the molecule is CN(C)S(=O)(=O)c1ccc2c(c1)sc(C=CC=CC=C1N(CCCCCC(=O)On3c(O)ccc3O)c3ccc(S(=O)(=O)O)cc3C1(C)C)[n+]2C. The molecule has 0 atom stereocenters. The number of allylic oxidation sites excluding steroid dienone is 5. The van der Waals surface area contributed by atoms with E-state index in [1.807, 2.05) is 55.8 Å². The van der Waals surface area contributed by atoms with Crippen LogP contribution in [-0.2, 0) is 37.4 Å². The van der Waals surface area contributed by atoms with E-state index >= 15 is 0 Å². The Bertz CT molecular complexity index is 2260. The van der Waals surface area contributed by atoms with Crippen LogP contribution >= 0.6 is 11.3 Å². The highest BCUT2D eigenvalue weighted by molar-refractivity contribution is 7.89. The van der Waals surface area contributed by atoms with Crippen LogP contribution < -0.4 is 14.3 Å². The largest absolute Gasteiger partial charge is 0.492 e. The van der Waals surface area contributed by atoms with E-state index in [9.17, 15) is 36.4 Å². The van der Waals surface area contributed by atoms with Gasteiger partial charge in [0.15, 0.2) is 0 Å². The van der Waals surface area contributed by atoms with Crippen LogP contribution in [0.25, 0.3) is 16.3 Å². The van der Waals surface area contributed by atoms with Crippen molar-refractivity contribution in [3.8, 4) is 11.8 Å². The Balaban J connectivity index is 1.32. The van der Waals surface area contributed by atoms with Gasteiger partial charge in [0.25, 0.3) is 15.1 Å². The number of fused-ring (bicyclic) bond motifs is 2. The molecule has 0 radical (unpaired) electrons. The second-order valence-electron chi connectivity index (χ2n) is 12.8. The lowest BCUT2D eigenvalue weighted by Gasteiger charge is -2.27. The van der Waals surface area contributed by atoms with Crippen LogP contribution in [0.3, 0.4) is 0 Å². The highest BCUT2D eigenvalue weighted by Gasteiger charge is 2.40. The third-order valence-corrected chi connectivity index (χ3v) is 12.6. The molecular formula is C35H41N4O9S3+. The normalized spacial score (nSPS) is 15.6. The second kappa shape index (κ2) is 14.6. The Morgan fingerprint density at radius 3 is 2.29 bits per heavy atom. The maximum Gasteiger partial charge on any atom is 0.333 e. The molecule has 5 rings (SSSR count). The van der Waals surface area contributed by atoms with Crippen molar-refractivity contribution >= 4 is 59.4 Å². The van der Waals surface area contributed by atoms with Crippen molar-refractivity contribution < 1.29 is 45.8 Å². The number of unbranched alkanes of at least 4 members (excludes halogenated alkanes) is 2. The van der Waals surface area contributed by atoms with E-state index in [2.05, 4.69) is 4.90 Å². The second-order valence-corrected chi connectivity index (χ2v) is 17.4. The lowest BCUT2D eigenvalue weighted by molar-refractivity contribution is -0.642. The van der Waals surface area contributed by atoms with Gasteiger partial charge in [0.05, 0.1) is 9.79 Å². The van der Waals surface area contributed by atoms with Gasteiger partial charge in [0, 0.05) is 68.1 Å². The molecule has 51 heavy (non-hydrogen) atoms. The summed E-state index contributed by atoms with van der Waals surface area (Å²) in [6, 6.07) is 12.1. The van der Waals surface area contributed by atoms with Crippen LogP contribution in [0.15, 0.2) is 88.3 Å². The van der Waals surface area contributed by atoms with Gasteiger partial charge in [-0.3, -0.25) is 4.55 Å². The summed E-state index contributed by atoms with van der Waals surface area (Å²) in [7, 11) is -3.05. The Hall–Kier alpha value is -4.48. The quantitative estimate of drug-likeness (QED) is 0.0738. The van der Waals surface area contributed by atoms with Gasteiger partial charge in [-0.1, -0.05) is 49.8 Å². The first-order valence-electron chi connectivity index (χ1n) is 16.0. The van der Waals surface area contributed by atoms with Crippen molar-refractivity contribution in [2.24, 2.45) is 7.05 Å². The molecule has 0 spiro atoms. The summed E-state index contributed by atoms with van der Waals surface area (Å²) >= 11 is 1.47. The van der Waals surface area contributed by atoms with Crippen LogP contribution in [-0.4, -0.2) is 67.2 Å². The number of hydrogen-bond acceptors (Lipinski definition) is 10. The number of aromatic hydroxyl groups is 2. The summed E-state index contributed by atoms with van der Waals surface area (Å²) in [5.41, 5.74) is 2.76. The topological polar surface area (TPSA) is 171 Å². The number of thiazole rings is 1. The predicted molar refractivity (Wildman–Crippen MR) is 195 cm³/mol. The molecule has 1 aliphatic heterocycles. The number of carbonyl (C=O) groups is 1. The molecule has 3 N–H and O–H groups in total. The average Bonchev–Trinajstić information content (AvgIpc) is 3.63. The number of aromatic nitrogens is 2. The zero-order valence-electron chi connectivity index (χ0n) is 28.8. The van der Waals surface area contributed by atoms with E-state index in [4.69, 9.17) is 4.84 Å². The van der Waals surface area contributed by atoms with E-state index in [0.29, 0.717) is 30.5 Å². The molecule has 0 saturated carbocycles. The standard InChI is InChI=1S/C35H40N4O9S3/c1-35(2)26-22-25(51(45,46)47)16-17-27(26)38(21-11-7-10-14-34(42)48-39-31(40)19-20-32(39)41)30(35)12-8-6-9-13-33-37(5)28-18-15-24(23-29(28)49-33)50(43,44)36(3)4/h6,8-9,12-13,15-20,22-23H,7,10-11,14,21H2,1-5H3,(H2-,40,41,45,46,47)/p+1. The first kappa shape index (κ1) is 37.8. The van der Waals surface area contributed by atoms with Crippen molar-refractivity contribution in [2.45, 2.75) is 54.7 Å². The molecule has 3 heterocycles. The van der Waals surface area contributed by atoms with Gasteiger partial charge in [-0.25, -0.2) is 17.5 Å². The molecule has 2 aromatic heterocycles. The van der Waals surface area contributed by atoms with Gasteiger partial charge in [-0.05, 0) is 54.8 Å². The fourth-order valence-electron chi connectivity index (χ4n) is 5.93. The number of carbonyl (C=O) groups excluding carboxylic acids is 1. The number of aryl methyl sites for hydroxylation is 1. The number of anilines is 1. The van der Waals surface area contributed by atoms with E-state index in [-0.39, 0.29) is 28.0 Å². The maximum absolute atomic E-state index is 12.6. The number of rotatable bonds is 13. The minimum Gasteiger partial charge on any atom is -0.492 e. The first-order chi connectivity index (χ1) is 23.9. The van der Waals surface area contributed by atoms with Gasteiger partial charge in [-0.2, -0.15) is 13.0 Å². The zero-order valence-corrected chi connectivity index (χ0v) is 31.3. The third kappa shape index (κ3) is 7.89. The first-order valence-corrected chi connectivity index (χ1v) is 19.7. The molecule has 0 bridgehead atoms. The summed E-state index contributed by atoms with van der Waals surface area (Å²) in [4.78, 5) is 19.4. The number of sulfonamides is 1. The molecule has 0 saturated heterocycles. The van der Waals surface area contributed by atoms with Crippen LogP contribution in [0.2, 0.25) is 0 Å². The van der Waals surface area contributed by atoms with Crippen molar-refractivity contribution in [3.63, 3.8) is 0 Å². The average molecular weight is 758 g/mol. The third-order valence-electron chi connectivity index (χ3n) is 8.75. The molecule has 13 nitrogen and oxygen atoms in total. The number of benzene rings is 2. The molecule has 4 aromatic rings. The molecule has 1 aliphatic rings. The van der Waals surface area contributed by atoms with Gasteiger partial charge < -0.3 is 20.0 Å². The molecule has 0 amide bonds. The van der Waals surface area contributed by atoms with Crippen LogP contribution in [0.4, 0.5) is 5.69 Å². The Morgan fingerprint density at radius 2 is 1.63 bits per heavy atom. The molecule has 0 aliphatic carbocycles. The minimum atomic E-state index is -4.41. The number of hydrogen-bond donors (Lipinski definition) is 3. The zero-order chi connectivity index (χ0) is 37.3. The highest BCUT2D eigenvalue weighted by atomic mass is 32.2. The van der Waals surface area contributed by atoms with Crippen molar-refractivity contribution in [1.82, 2.24) is 9.04 Å². The lowest BCUT2D eigenvalue weighted by atomic mass is 9.83. The van der Waals surface area contributed by atoms with E-state index in [1.54, 1.807) is 24.3 Å². The van der Waals surface area contributed by atoms with Crippen molar-refractivity contribution in [2.75, 3.05) is 25.5 Å². The Kier molecular flexibility index (Phi) is 10.8. The minimum absolute atomic E-state index is 0.0720. The fourth-order valence-corrected chi connectivity index (χ4v) is 8.55. The molecule has 0 unspecified atom stereocenters. The van der Waals surface area contributed by atoms with Gasteiger partial charge in [0.2, 0.25) is 27.3 Å². The summed E-state index contributed by atoms with van der Waals surface area (Å²) in [6.45, 7) is 4.53. The van der Waals surface area contributed by atoms with E-state index in [0.717, 1.165) is 32.2 Å². The lowest BCUT2D eigenvalue weighted by Crippen LogP contribution is -2.29. The van der Waals surface area contributed by atoms with E-state index < -0.39 is 31.5 Å². The highest BCUT2D eigenvalue weighted by Crippen LogP contribution is 2.48. The van der Waals surface area contributed by atoms with Gasteiger partial charge in [-0.15, -0.1) is 4.73 Å². The maximum atomic E-state index is 12.6. The van der Waals surface area contributed by atoms with Crippen molar-refractivity contribution in [1.29, 1.82) is 0 Å². The molecule has 16 heteroatoms. The summed E-state index contributed by atoms with van der Waals surface area (Å²) in [5.74, 6) is -1.38. The molecular weight excluding hydrogens is 717 g/mol. The Morgan fingerprint density at radius 1 is 0.941 bits per heavy atom. The van der Waals surface area contributed by atoms with Crippen LogP contribution in [0, 0.1) is 0 Å². The summed E-state index contributed by atoms with van der Waals surface area (Å²) in [6.07, 6.45) is 11.5. The van der Waals surface area contributed by atoms with Crippen LogP contribution in [0.1, 0.15) is 50.1 Å². The predicted octanol–water partition coefficient (Wildman–Crippen LogP) is 4.90. The summed E-state index contributed by atoms with van der Waals surface area (Å²) in [5, 5.41) is 20.3. The van der Waals surface area contributed by atoms with Gasteiger partial charge in [0.1, 0.15) is 11.7 Å². The molecule has 272 valence electrons. The van der Waals surface area contributed by atoms with Crippen molar-refractivity contribution in [3.05, 3.63) is 89.1 Å². The van der Waals surface area contributed by atoms with E-state index in [1.165, 1.54) is 54.0 Å². The summed E-state index contributed by atoms with van der Waals surface area (Å²) < 4.78 is 63.6. The molecule has 0 fully saturated rings. The van der Waals surface area contributed by atoms with Crippen LogP contribution in [0.5, 0.6) is 11.8 Å². The monoisotopic (exact) mass is 757 g/mol. The van der Waals surface area contributed by atoms with Gasteiger partial charge >= 0.3 is 5.97 Å². The smallest absolute Gasteiger partial charge is 0.333 e.